The van der Waals surface area contributed by atoms with Crippen molar-refractivity contribution in [3.8, 4) is 0 Å². The zero-order valence-electron chi connectivity index (χ0n) is 13.6. The normalized spacial score (nSPS) is 11.8. The summed E-state index contributed by atoms with van der Waals surface area (Å²) in [5.41, 5.74) is 8.51. The van der Waals surface area contributed by atoms with Crippen molar-refractivity contribution in [2.75, 3.05) is 6.54 Å². The highest BCUT2D eigenvalue weighted by Crippen LogP contribution is 2.17. The molecule has 1 atom stereocenters. The molecule has 0 saturated heterocycles. The lowest BCUT2D eigenvalue weighted by Crippen LogP contribution is -2.32. The van der Waals surface area contributed by atoms with Crippen LogP contribution in [0.1, 0.15) is 48.2 Å². The first-order valence-corrected chi connectivity index (χ1v) is 8.58. The third kappa shape index (κ3) is 6.34. The Morgan fingerprint density at radius 2 is 1.83 bits per heavy atom. The minimum absolute atomic E-state index is 0. The molecule has 1 aromatic carbocycles. The maximum absolute atomic E-state index is 11.9. The molecule has 1 heterocycles. The van der Waals surface area contributed by atoms with Gasteiger partial charge in [-0.1, -0.05) is 44.2 Å². The third-order valence-corrected chi connectivity index (χ3v) is 4.67. The van der Waals surface area contributed by atoms with Crippen molar-refractivity contribution in [2.24, 2.45) is 5.73 Å². The van der Waals surface area contributed by atoms with E-state index in [2.05, 4.69) is 49.5 Å². The van der Waals surface area contributed by atoms with E-state index >= 15 is 0 Å². The number of nitrogens with two attached hydrogens (primary N) is 1. The quantitative estimate of drug-likeness (QED) is 0.790. The van der Waals surface area contributed by atoms with Gasteiger partial charge in [0.25, 0.3) is 0 Å². The molecule has 2 aromatic rings. The molecule has 0 aliphatic carbocycles. The number of aryl methyl sites for hydroxylation is 1. The monoisotopic (exact) mass is 352 g/mol. The molecule has 0 fully saturated rings. The van der Waals surface area contributed by atoms with Crippen molar-refractivity contribution in [1.82, 2.24) is 5.32 Å². The Labute approximate surface area is 148 Å². The second kappa shape index (κ2) is 9.71. The molecule has 126 valence electrons. The number of thiophene rings is 1. The van der Waals surface area contributed by atoms with Crippen LogP contribution in [0.5, 0.6) is 0 Å². The molecule has 0 spiro atoms. The van der Waals surface area contributed by atoms with Gasteiger partial charge >= 0.3 is 0 Å². The summed E-state index contributed by atoms with van der Waals surface area (Å²) in [5, 5.41) is 4.95. The van der Waals surface area contributed by atoms with E-state index in [1.54, 1.807) is 11.3 Å². The van der Waals surface area contributed by atoms with E-state index in [1.807, 2.05) is 11.4 Å². The average Bonchev–Trinajstić information content (AvgIpc) is 3.04. The van der Waals surface area contributed by atoms with Gasteiger partial charge in [-0.2, -0.15) is 0 Å². The highest BCUT2D eigenvalue weighted by molar-refractivity contribution is 7.09. The molecule has 1 unspecified atom stereocenters. The Morgan fingerprint density at radius 3 is 2.39 bits per heavy atom. The van der Waals surface area contributed by atoms with Gasteiger partial charge in [0.15, 0.2) is 0 Å². The molecule has 3 N–H and O–H groups in total. The number of hydrogen-bond acceptors (Lipinski definition) is 3. The van der Waals surface area contributed by atoms with Gasteiger partial charge in [-0.3, -0.25) is 4.79 Å². The molecular formula is C18H25ClN2OS. The maximum atomic E-state index is 11.9. The van der Waals surface area contributed by atoms with E-state index in [0.29, 0.717) is 18.9 Å². The van der Waals surface area contributed by atoms with Crippen LogP contribution in [0.3, 0.4) is 0 Å². The third-order valence-electron chi connectivity index (χ3n) is 3.73. The van der Waals surface area contributed by atoms with Crippen LogP contribution in [0.4, 0.5) is 0 Å². The standard InChI is InChI=1S/C18H24N2OS.ClH/c1-13(2)14-5-7-15(8-6-14)17(19)12-20-18(21)10-9-16-4-3-11-22-16;/h3-8,11,13,17H,9-10,12,19H2,1-2H3,(H,20,21);1H. The van der Waals surface area contributed by atoms with E-state index in [1.165, 1.54) is 10.4 Å². The summed E-state index contributed by atoms with van der Waals surface area (Å²) >= 11 is 1.69. The second-order valence-electron chi connectivity index (χ2n) is 5.81. The van der Waals surface area contributed by atoms with Crippen molar-refractivity contribution in [2.45, 2.75) is 38.6 Å². The fourth-order valence-corrected chi connectivity index (χ4v) is 2.96. The molecule has 1 amide bonds. The fourth-order valence-electron chi connectivity index (χ4n) is 2.25. The highest BCUT2D eigenvalue weighted by Gasteiger charge is 2.09. The summed E-state index contributed by atoms with van der Waals surface area (Å²) in [4.78, 5) is 13.1. The molecule has 0 aliphatic rings. The van der Waals surface area contributed by atoms with Gasteiger partial charge in [0.1, 0.15) is 0 Å². The van der Waals surface area contributed by atoms with Crippen LogP contribution in [-0.2, 0) is 11.2 Å². The van der Waals surface area contributed by atoms with E-state index in [0.717, 1.165) is 12.0 Å². The predicted molar refractivity (Wildman–Crippen MR) is 100 cm³/mol. The lowest BCUT2D eigenvalue weighted by molar-refractivity contribution is -0.121. The molecule has 23 heavy (non-hydrogen) atoms. The van der Waals surface area contributed by atoms with Gasteiger partial charge in [-0.25, -0.2) is 0 Å². The van der Waals surface area contributed by atoms with Crippen LogP contribution in [0.2, 0.25) is 0 Å². The van der Waals surface area contributed by atoms with Gasteiger partial charge in [-0.05, 0) is 34.9 Å². The van der Waals surface area contributed by atoms with Crippen molar-refractivity contribution in [1.29, 1.82) is 0 Å². The summed E-state index contributed by atoms with van der Waals surface area (Å²) in [7, 11) is 0. The van der Waals surface area contributed by atoms with Gasteiger partial charge in [0.2, 0.25) is 5.91 Å². The van der Waals surface area contributed by atoms with Gasteiger partial charge in [-0.15, -0.1) is 23.7 Å². The average molecular weight is 353 g/mol. The van der Waals surface area contributed by atoms with E-state index in [-0.39, 0.29) is 24.4 Å². The SMILES string of the molecule is CC(C)c1ccc(C(N)CNC(=O)CCc2cccs2)cc1.Cl. The summed E-state index contributed by atoms with van der Waals surface area (Å²) in [5.74, 6) is 0.574. The summed E-state index contributed by atoms with van der Waals surface area (Å²) < 4.78 is 0. The van der Waals surface area contributed by atoms with Gasteiger partial charge < -0.3 is 11.1 Å². The largest absolute Gasteiger partial charge is 0.354 e. The number of hydrogen-bond donors (Lipinski definition) is 2. The molecule has 3 nitrogen and oxygen atoms in total. The number of rotatable bonds is 7. The van der Waals surface area contributed by atoms with Crippen LogP contribution < -0.4 is 11.1 Å². The number of nitrogens with one attached hydrogen (secondary N) is 1. The van der Waals surface area contributed by atoms with E-state index in [9.17, 15) is 4.79 Å². The predicted octanol–water partition coefficient (Wildman–Crippen LogP) is 4.04. The zero-order chi connectivity index (χ0) is 15.9. The minimum Gasteiger partial charge on any atom is -0.354 e. The smallest absolute Gasteiger partial charge is 0.220 e. The lowest BCUT2D eigenvalue weighted by atomic mass is 9.99. The van der Waals surface area contributed by atoms with E-state index < -0.39 is 0 Å². The first-order chi connectivity index (χ1) is 10.6. The Bertz CT molecular complexity index is 582. The number of amides is 1. The second-order valence-corrected chi connectivity index (χ2v) is 6.84. The number of carbonyl (C=O) groups excluding carboxylic acids is 1. The minimum atomic E-state index is -0.160. The van der Waals surface area contributed by atoms with Gasteiger partial charge in [0.05, 0.1) is 0 Å². The zero-order valence-corrected chi connectivity index (χ0v) is 15.3. The molecule has 0 aliphatic heterocycles. The molecule has 0 bridgehead atoms. The summed E-state index contributed by atoms with van der Waals surface area (Å²) in [6.07, 6.45) is 1.31. The van der Waals surface area contributed by atoms with Crippen LogP contribution in [-0.4, -0.2) is 12.5 Å². The van der Waals surface area contributed by atoms with Crippen LogP contribution in [0.15, 0.2) is 41.8 Å². The molecule has 2 rings (SSSR count). The molecule has 0 saturated carbocycles. The van der Waals surface area contributed by atoms with E-state index in [4.69, 9.17) is 5.73 Å². The van der Waals surface area contributed by atoms with Crippen molar-refractivity contribution in [3.63, 3.8) is 0 Å². The van der Waals surface area contributed by atoms with Crippen molar-refractivity contribution in [3.05, 3.63) is 57.8 Å². The number of halogens is 1. The lowest BCUT2D eigenvalue weighted by Gasteiger charge is -2.14. The summed E-state index contributed by atoms with van der Waals surface area (Å²) in [6.45, 7) is 4.82. The highest BCUT2D eigenvalue weighted by atomic mass is 35.5. The number of benzene rings is 1. The number of carbonyl (C=O) groups is 1. The molecular weight excluding hydrogens is 328 g/mol. The Hall–Kier alpha value is -1.36. The Balaban J connectivity index is 0.00000264. The Kier molecular flexibility index (Phi) is 8.31. The van der Waals surface area contributed by atoms with Gasteiger partial charge in [0, 0.05) is 23.9 Å². The summed E-state index contributed by atoms with van der Waals surface area (Å²) in [6, 6.07) is 12.2. The fraction of sp³-hybridized carbons (Fsp3) is 0.389. The van der Waals surface area contributed by atoms with Crippen molar-refractivity contribution >= 4 is 29.7 Å². The molecule has 1 aromatic heterocycles. The maximum Gasteiger partial charge on any atom is 0.220 e. The first-order valence-electron chi connectivity index (χ1n) is 7.70. The molecule has 0 radical (unpaired) electrons. The van der Waals surface area contributed by atoms with Crippen LogP contribution in [0.25, 0.3) is 0 Å². The van der Waals surface area contributed by atoms with Crippen LogP contribution in [0, 0.1) is 0 Å². The Morgan fingerprint density at radius 1 is 1.17 bits per heavy atom. The van der Waals surface area contributed by atoms with Crippen molar-refractivity contribution < 1.29 is 4.79 Å². The van der Waals surface area contributed by atoms with Crippen LogP contribution >= 0.6 is 23.7 Å². The topological polar surface area (TPSA) is 55.1 Å². The molecule has 5 heteroatoms. The first kappa shape index (κ1) is 19.7.